The zero-order valence-corrected chi connectivity index (χ0v) is 15.8. The second-order valence-electron chi connectivity index (χ2n) is 7.25. The van der Waals surface area contributed by atoms with E-state index in [-0.39, 0.29) is 0 Å². The lowest BCUT2D eigenvalue weighted by molar-refractivity contribution is -0.367. The molecule has 2 N–H and O–H groups in total. The Bertz CT molecular complexity index is 612. The molecule has 3 rings (SSSR count). The quantitative estimate of drug-likeness (QED) is 0.791. The number of hydrogen-bond acceptors (Lipinski definition) is 2. The van der Waals surface area contributed by atoms with Crippen LogP contribution in [0.1, 0.15) is 38.2 Å². The number of nitrogens with zero attached hydrogens (tertiary/aromatic N) is 2. The van der Waals surface area contributed by atoms with E-state index in [9.17, 15) is 13.2 Å². The van der Waals surface area contributed by atoms with Crippen molar-refractivity contribution in [1.82, 2.24) is 10.2 Å². The molecule has 1 saturated carbocycles. The smallest absolute Gasteiger partial charge is 0.360 e. The van der Waals surface area contributed by atoms with Crippen molar-refractivity contribution in [2.75, 3.05) is 31.1 Å². The Balaban J connectivity index is 1.51. The Labute approximate surface area is 157 Å². The molecule has 2 heterocycles. The molecule has 2 atom stereocenters. The van der Waals surface area contributed by atoms with Crippen molar-refractivity contribution in [3.8, 4) is 0 Å². The first kappa shape index (κ1) is 19.2. The number of aromatic amines is 1. The van der Waals surface area contributed by atoms with Gasteiger partial charge >= 0.3 is 6.18 Å². The van der Waals surface area contributed by atoms with Crippen molar-refractivity contribution in [2.24, 2.45) is 5.92 Å². The summed E-state index contributed by atoms with van der Waals surface area (Å²) in [5.41, 5.74) is -0.660. The molecule has 1 aromatic rings. The minimum absolute atomic E-state index is 0.456. The lowest BCUT2D eigenvalue weighted by Crippen LogP contribution is -2.55. The van der Waals surface area contributed by atoms with Gasteiger partial charge in [-0.05, 0) is 37.0 Å². The van der Waals surface area contributed by atoms with Gasteiger partial charge in [0.2, 0.25) is 0 Å². The number of anilines is 1. The highest BCUT2D eigenvalue weighted by Crippen LogP contribution is 2.28. The third-order valence-electron chi connectivity index (χ3n) is 5.45. The molecular formula is C18H26F3N4S+. The van der Waals surface area contributed by atoms with E-state index in [1.54, 1.807) is 0 Å². The third-order valence-corrected chi connectivity index (χ3v) is 5.83. The number of H-pyrrole nitrogens is 1. The largest absolute Gasteiger partial charge is 0.419 e. The first-order chi connectivity index (χ1) is 12.3. The van der Waals surface area contributed by atoms with Gasteiger partial charge in [0.05, 0.1) is 18.7 Å². The molecule has 0 radical (unpaired) electrons. The first-order valence-electron chi connectivity index (χ1n) is 9.24. The molecule has 8 heteroatoms. The van der Waals surface area contributed by atoms with Crippen LogP contribution < -0.4 is 15.2 Å². The van der Waals surface area contributed by atoms with E-state index in [0.717, 1.165) is 43.6 Å². The SMILES string of the molecule is C[C@@H]1CCCC[C@@H]1NC(=S)N1CCN(c2ccc(C(F)(F)F)c[nH+]2)CC1. The van der Waals surface area contributed by atoms with Crippen molar-refractivity contribution < 1.29 is 18.2 Å². The van der Waals surface area contributed by atoms with Gasteiger partial charge in [-0.3, -0.25) is 4.90 Å². The lowest BCUT2D eigenvalue weighted by Gasteiger charge is -2.36. The van der Waals surface area contributed by atoms with E-state index in [4.69, 9.17) is 12.2 Å². The molecule has 0 unspecified atom stereocenters. The minimum Gasteiger partial charge on any atom is -0.360 e. The molecule has 0 aromatic carbocycles. The van der Waals surface area contributed by atoms with Crippen LogP contribution in [0.3, 0.4) is 0 Å². The summed E-state index contributed by atoms with van der Waals surface area (Å²) in [5, 5.41) is 4.33. The summed E-state index contributed by atoms with van der Waals surface area (Å²) < 4.78 is 38.0. The van der Waals surface area contributed by atoms with Crippen LogP contribution in [-0.4, -0.2) is 42.2 Å². The number of nitrogens with one attached hydrogen (secondary N) is 2. The normalized spacial score (nSPS) is 24.5. The van der Waals surface area contributed by atoms with Gasteiger partial charge in [0.25, 0.3) is 5.82 Å². The minimum atomic E-state index is -4.32. The third kappa shape index (κ3) is 4.58. The van der Waals surface area contributed by atoms with E-state index in [1.807, 2.05) is 0 Å². The monoisotopic (exact) mass is 387 g/mol. The summed E-state index contributed by atoms with van der Waals surface area (Å²) in [7, 11) is 0. The average molecular weight is 387 g/mol. The number of aromatic nitrogens is 1. The number of alkyl halides is 3. The van der Waals surface area contributed by atoms with Crippen LogP contribution in [0.2, 0.25) is 0 Å². The highest BCUT2D eigenvalue weighted by atomic mass is 32.1. The summed E-state index contributed by atoms with van der Waals surface area (Å²) >= 11 is 5.58. The molecule has 2 aliphatic rings. The van der Waals surface area contributed by atoms with Crippen LogP contribution in [0.15, 0.2) is 18.3 Å². The molecule has 1 saturated heterocycles. The van der Waals surface area contributed by atoms with Crippen molar-refractivity contribution >= 4 is 23.1 Å². The summed E-state index contributed by atoms with van der Waals surface area (Å²) in [4.78, 5) is 6.99. The molecule has 1 aliphatic heterocycles. The van der Waals surface area contributed by atoms with E-state index < -0.39 is 11.7 Å². The number of thiocarbonyl (C=S) groups is 1. The number of halogens is 3. The Morgan fingerprint density at radius 1 is 1.15 bits per heavy atom. The zero-order chi connectivity index (χ0) is 18.7. The van der Waals surface area contributed by atoms with Gasteiger partial charge in [0, 0.05) is 12.1 Å². The summed E-state index contributed by atoms with van der Waals surface area (Å²) in [6, 6.07) is 3.07. The molecule has 1 aliphatic carbocycles. The van der Waals surface area contributed by atoms with E-state index in [0.29, 0.717) is 17.8 Å². The maximum absolute atomic E-state index is 12.7. The maximum Gasteiger partial charge on any atom is 0.419 e. The molecular weight excluding hydrogens is 361 g/mol. The zero-order valence-electron chi connectivity index (χ0n) is 15.0. The highest BCUT2D eigenvalue weighted by molar-refractivity contribution is 7.80. The van der Waals surface area contributed by atoms with Crippen molar-refractivity contribution in [3.63, 3.8) is 0 Å². The van der Waals surface area contributed by atoms with Crippen molar-refractivity contribution in [3.05, 3.63) is 23.9 Å². The summed E-state index contributed by atoms with van der Waals surface area (Å²) in [6.45, 7) is 5.26. The van der Waals surface area contributed by atoms with Crippen LogP contribution in [0.25, 0.3) is 0 Å². The molecule has 144 valence electrons. The molecule has 0 bridgehead atoms. The van der Waals surface area contributed by atoms with Crippen LogP contribution in [0.4, 0.5) is 19.0 Å². The summed E-state index contributed by atoms with van der Waals surface area (Å²) in [6.07, 6.45) is 1.68. The van der Waals surface area contributed by atoms with Crippen LogP contribution in [0, 0.1) is 5.92 Å². The van der Waals surface area contributed by atoms with Crippen LogP contribution in [-0.2, 0) is 6.18 Å². The van der Waals surface area contributed by atoms with Crippen molar-refractivity contribution in [2.45, 2.75) is 44.8 Å². The average Bonchev–Trinajstić information content (AvgIpc) is 2.63. The number of hydrogen-bond donors (Lipinski definition) is 1. The van der Waals surface area contributed by atoms with E-state index in [2.05, 4.69) is 27.0 Å². The number of piperazine rings is 1. The fourth-order valence-corrected chi connectivity index (χ4v) is 4.05. The highest BCUT2D eigenvalue weighted by Gasteiger charge is 2.33. The second-order valence-corrected chi connectivity index (χ2v) is 7.64. The van der Waals surface area contributed by atoms with Crippen molar-refractivity contribution in [1.29, 1.82) is 0 Å². The van der Waals surface area contributed by atoms with Gasteiger partial charge in [-0.15, -0.1) is 0 Å². The van der Waals surface area contributed by atoms with Gasteiger partial charge in [-0.25, -0.2) is 4.98 Å². The van der Waals surface area contributed by atoms with E-state index >= 15 is 0 Å². The Morgan fingerprint density at radius 2 is 1.85 bits per heavy atom. The molecule has 26 heavy (non-hydrogen) atoms. The second kappa shape index (κ2) is 7.98. The molecule has 4 nitrogen and oxygen atoms in total. The molecule has 0 spiro atoms. The van der Waals surface area contributed by atoms with Gasteiger partial charge in [-0.2, -0.15) is 13.2 Å². The van der Waals surface area contributed by atoms with Crippen LogP contribution >= 0.6 is 12.2 Å². The maximum atomic E-state index is 12.7. The topological polar surface area (TPSA) is 32.6 Å². The van der Waals surface area contributed by atoms with Gasteiger partial charge in [-0.1, -0.05) is 19.8 Å². The van der Waals surface area contributed by atoms with Crippen LogP contribution in [0.5, 0.6) is 0 Å². The lowest BCUT2D eigenvalue weighted by atomic mass is 9.86. The Morgan fingerprint density at radius 3 is 2.42 bits per heavy atom. The number of rotatable bonds is 2. The molecule has 2 fully saturated rings. The fraction of sp³-hybridized carbons (Fsp3) is 0.667. The Kier molecular flexibility index (Phi) is 5.89. The number of pyridine rings is 1. The predicted molar refractivity (Wildman–Crippen MR) is 98.9 cm³/mol. The fourth-order valence-electron chi connectivity index (χ4n) is 3.72. The van der Waals surface area contributed by atoms with Gasteiger partial charge in [0.1, 0.15) is 19.3 Å². The molecule has 0 amide bonds. The van der Waals surface area contributed by atoms with E-state index in [1.165, 1.54) is 31.7 Å². The van der Waals surface area contributed by atoms with Gasteiger partial charge < -0.3 is 10.2 Å². The van der Waals surface area contributed by atoms with Gasteiger partial charge in [0.15, 0.2) is 5.11 Å². The molecule has 1 aromatic heterocycles. The standard InChI is InChI=1S/C18H25F3N4S/c1-13-4-2-3-5-15(13)23-17(26)25-10-8-24(9-11-25)16-7-6-14(12-22-16)18(19,20)21/h6-7,12-13,15H,2-5,8-11H2,1H3,(H,23,26)/p+1/t13-,15+/m1/s1. The summed E-state index contributed by atoms with van der Waals surface area (Å²) in [5.74, 6) is 1.35. The first-order valence-corrected chi connectivity index (χ1v) is 9.65. The Hall–Kier alpha value is -1.57. The predicted octanol–water partition coefficient (Wildman–Crippen LogP) is 3.09.